The highest BCUT2D eigenvalue weighted by atomic mass is 35.5. The molecule has 10 heterocycles. The third-order valence-electron chi connectivity index (χ3n) is 20.1. The van der Waals surface area contributed by atoms with E-state index in [0.29, 0.717) is 30.1 Å². The van der Waals surface area contributed by atoms with Crippen molar-refractivity contribution in [2.45, 2.75) is 63.2 Å². The van der Waals surface area contributed by atoms with E-state index in [4.69, 9.17) is 25.8 Å². The second kappa shape index (κ2) is 27.5. The highest BCUT2D eigenvalue weighted by molar-refractivity contribution is 6.30. The number of aromatic amines is 3. The van der Waals surface area contributed by atoms with Crippen molar-refractivity contribution < 1.29 is 48.3 Å². The van der Waals surface area contributed by atoms with Gasteiger partial charge in [-0.05, 0) is 208 Å². The smallest absolute Gasteiger partial charge is 0.335 e. The summed E-state index contributed by atoms with van der Waals surface area (Å²) in [6, 6.07) is 52.8. The number of fused-ring (bicyclic) bond motifs is 6. The lowest BCUT2D eigenvalue weighted by Gasteiger charge is -2.26. The molecule has 3 aliphatic heterocycles. The molecule has 6 N–H and O–H groups in total. The van der Waals surface area contributed by atoms with Crippen molar-refractivity contribution in [2.75, 3.05) is 39.6 Å². The van der Waals surface area contributed by atoms with Gasteiger partial charge in [-0.2, -0.15) is 15.3 Å². The monoisotopic (exact) mass is 1380 g/mol. The molecule has 15 aromatic rings. The van der Waals surface area contributed by atoms with Gasteiger partial charge in [0.15, 0.2) is 0 Å². The van der Waals surface area contributed by atoms with Crippen LogP contribution in [0.5, 0.6) is 0 Å². The number of carboxylic acids is 3. The first-order valence-corrected chi connectivity index (χ1v) is 34.4. The predicted octanol–water partition coefficient (Wildman–Crippen LogP) is 17.8. The Bertz CT molecular complexity index is 5430. The minimum Gasteiger partial charge on any atom is -0.478 e. The Labute approximate surface area is 587 Å². The Hall–Kier alpha value is -11.6. The number of carboxylic acid groups (broad SMARTS) is 3. The van der Waals surface area contributed by atoms with E-state index in [1.54, 1.807) is 42.6 Å². The Kier molecular flexibility index (Phi) is 17.6. The van der Waals surface area contributed by atoms with E-state index >= 15 is 0 Å². The van der Waals surface area contributed by atoms with Gasteiger partial charge in [-0.25, -0.2) is 18.8 Å². The number of aryl methyl sites for hydroxylation is 1. The van der Waals surface area contributed by atoms with Crippen molar-refractivity contribution in [3.8, 4) is 50.4 Å². The number of aromatic nitrogens is 10. The fourth-order valence-corrected chi connectivity index (χ4v) is 15.4. The van der Waals surface area contributed by atoms with Gasteiger partial charge in [0, 0.05) is 157 Å². The molecule has 3 fully saturated rings. The van der Waals surface area contributed by atoms with E-state index in [2.05, 4.69) is 110 Å². The summed E-state index contributed by atoms with van der Waals surface area (Å²) in [7, 11) is 0. The number of nitrogens with one attached hydrogen (secondary N) is 3. The van der Waals surface area contributed by atoms with Gasteiger partial charge in [0.05, 0.1) is 68.4 Å². The van der Waals surface area contributed by atoms with Gasteiger partial charge < -0.3 is 43.2 Å². The predicted molar refractivity (Wildman–Crippen MR) is 392 cm³/mol. The summed E-state index contributed by atoms with van der Waals surface area (Å²) >= 11 is 6.23. The molecule has 510 valence electrons. The van der Waals surface area contributed by atoms with Crippen molar-refractivity contribution >= 4 is 94.9 Å². The van der Waals surface area contributed by atoms with Crippen LogP contribution in [0, 0.1) is 12.7 Å². The standard InChI is InChI=1S/C27H22ClN3O3.C27H22FN3O3.C27H24N4O3/c2*28-20-5-1-16(2-6-20)25-22-13-19-15-29-30-23(19)14-24(22)31(26(25)17-9-11-34-12-10-17)21-7-3-18(4-8-21)27(32)33;1-16-12-19(6-9-28-16)25-22-13-20-15-29-30-23(20)14-24(22)31(26(25)17-7-10-34-11-8-17)21-4-2-18(3-5-21)27(32)33/h2*1-8,13-15,17H,9-12H2,(H,29,30)(H,32,33);2-6,9,12-15,17H,7-8,10-11H2,1H3,(H,29,30)(H,32,33). The van der Waals surface area contributed by atoms with E-state index in [1.165, 1.54) is 34.6 Å². The number of carbonyl (C=O) groups is 3. The average molecular weight is 1380 g/mol. The number of rotatable bonds is 12. The number of H-pyrrole nitrogens is 3. The number of aromatic carboxylic acids is 3. The van der Waals surface area contributed by atoms with Crippen LogP contribution in [0.25, 0.3) is 116 Å². The SMILES string of the molecule is Cc1cc(-c2c(C3CCOCC3)n(-c3ccc(C(=O)O)cc3)c3cc4[nH]ncc4cc23)ccn1.O=C(O)c1ccc(-n2c(C3CCOCC3)c(-c3ccc(Cl)cc3)c3cc4cn[nH]c4cc32)cc1.O=C(O)c1ccc(-n2c(C3CCOCC3)c(-c3ccc(F)cc3)c3cc4cn[nH]c4cc32)cc1. The fourth-order valence-electron chi connectivity index (χ4n) is 15.2. The Morgan fingerprint density at radius 2 is 0.755 bits per heavy atom. The number of hydrogen-bond acceptors (Lipinski definition) is 10. The van der Waals surface area contributed by atoms with Crippen LogP contribution in [-0.4, -0.2) is 122 Å². The lowest BCUT2D eigenvalue weighted by Crippen LogP contribution is -2.17. The van der Waals surface area contributed by atoms with E-state index in [0.717, 1.165) is 181 Å². The molecule has 21 heteroatoms. The summed E-state index contributed by atoms with van der Waals surface area (Å²) < 4.78 is 37.7. The van der Waals surface area contributed by atoms with Crippen LogP contribution in [-0.2, 0) is 14.2 Å². The molecule has 0 saturated carbocycles. The third kappa shape index (κ3) is 12.3. The maximum Gasteiger partial charge on any atom is 0.335 e. The van der Waals surface area contributed by atoms with Gasteiger partial charge in [-0.1, -0.05) is 35.9 Å². The van der Waals surface area contributed by atoms with E-state index in [-0.39, 0.29) is 28.4 Å². The summed E-state index contributed by atoms with van der Waals surface area (Å²) in [5.41, 5.74) is 20.6. The highest BCUT2D eigenvalue weighted by Gasteiger charge is 2.33. The summed E-state index contributed by atoms with van der Waals surface area (Å²) in [6.07, 6.45) is 12.8. The fraction of sp³-hybridized carbons (Fsp3) is 0.198. The summed E-state index contributed by atoms with van der Waals surface area (Å²) in [5.74, 6) is -2.27. The lowest BCUT2D eigenvalue weighted by atomic mass is 9.90. The molecule has 18 rings (SSSR count). The molecule has 102 heavy (non-hydrogen) atoms. The zero-order chi connectivity index (χ0) is 69.7. The van der Waals surface area contributed by atoms with Gasteiger partial charge >= 0.3 is 17.9 Å². The van der Waals surface area contributed by atoms with Crippen molar-refractivity contribution in [2.24, 2.45) is 0 Å². The Morgan fingerprint density at radius 1 is 0.431 bits per heavy atom. The Morgan fingerprint density at radius 3 is 1.08 bits per heavy atom. The van der Waals surface area contributed by atoms with Gasteiger partial charge in [0.25, 0.3) is 0 Å². The van der Waals surface area contributed by atoms with Crippen LogP contribution in [0.4, 0.5) is 4.39 Å². The van der Waals surface area contributed by atoms with Crippen LogP contribution in [0.15, 0.2) is 195 Å². The Balaban J connectivity index is 0.000000118. The summed E-state index contributed by atoms with van der Waals surface area (Å²) in [6.45, 7) is 6.25. The van der Waals surface area contributed by atoms with Crippen LogP contribution >= 0.6 is 11.6 Å². The van der Waals surface area contributed by atoms with Crippen molar-refractivity contribution in [1.82, 2.24) is 49.3 Å². The summed E-state index contributed by atoms with van der Waals surface area (Å²) in [5, 5.41) is 57.2. The molecule has 0 aliphatic carbocycles. The third-order valence-corrected chi connectivity index (χ3v) is 20.3. The molecule has 0 spiro atoms. The van der Waals surface area contributed by atoms with Crippen molar-refractivity contribution in [3.05, 3.63) is 245 Å². The number of ether oxygens (including phenoxy) is 3. The first kappa shape index (κ1) is 65.1. The molecule has 8 aromatic carbocycles. The second-order valence-corrected chi connectivity index (χ2v) is 26.6. The maximum atomic E-state index is 13.8. The van der Waals surface area contributed by atoms with E-state index < -0.39 is 17.9 Å². The van der Waals surface area contributed by atoms with Crippen LogP contribution in [0.2, 0.25) is 5.02 Å². The number of pyridine rings is 1. The van der Waals surface area contributed by atoms with E-state index in [1.807, 2.05) is 86.2 Å². The molecule has 0 amide bonds. The number of halogens is 2. The first-order chi connectivity index (χ1) is 49.8. The number of nitrogens with zero attached hydrogens (tertiary/aromatic N) is 7. The van der Waals surface area contributed by atoms with Gasteiger partial charge in [0.1, 0.15) is 5.82 Å². The zero-order valence-electron chi connectivity index (χ0n) is 55.4. The maximum absolute atomic E-state index is 13.8. The normalized spacial score (nSPS) is 14.7. The summed E-state index contributed by atoms with van der Waals surface area (Å²) in [4.78, 5) is 38.8. The molecule has 3 saturated heterocycles. The topological polar surface area (TPSA) is 253 Å². The number of hydrogen-bond donors (Lipinski definition) is 6. The lowest BCUT2D eigenvalue weighted by molar-refractivity contribution is 0.0686. The molecule has 19 nitrogen and oxygen atoms in total. The quantitative estimate of drug-likeness (QED) is 0.0666. The van der Waals surface area contributed by atoms with Crippen molar-refractivity contribution in [3.63, 3.8) is 0 Å². The molecule has 7 aromatic heterocycles. The van der Waals surface area contributed by atoms with Gasteiger partial charge in [-0.15, -0.1) is 0 Å². The van der Waals surface area contributed by atoms with Gasteiger partial charge in [-0.3, -0.25) is 20.3 Å². The molecule has 3 aliphatic rings. The molecule has 0 atom stereocenters. The molecule has 0 bridgehead atoms. The molecule has 0 unspecified atom stereocenters. The average Bonchev–Trinajstić information content (AvgIpc) is 1.59. The second-order valence-electron chi connectivity index (χ2n) is 26.2. The van der Waals surface area contributed by atoms with E-state index in [9.17, 15) is 34.1 Å². The van der Waals surface area contributed by atoms with Crippen LogP contribution < -0.4 is 0 Å². The minimum atomic E-state index is -0.959. The number of benzene rings is 8. The first-order valence-electron chi connectivity index (χ1n) is 34.0. The zero-order valence-corrected chi connectivity index (χ0v) is 56.1. The van der Waals surface area contributed by atoms with Crippen LogP contribution in [0.1, 0.15) is 110 Å². The molecule has 0 radical (unpaired) electrons. The molecular weight excluding hydrogens is 1310 g/mol. The van der Waals surface area contributed by atoms with Crippen LogP contribution in [0.3, 0.4) is 0 Å². The minimum absolute atomic E-state index is 0.233. The van der Waals surface area contributed by atoms with Gasteiger partial charge in [0.2, 0.25) is 0 Å². The van der Waals surface area contributed by atoms with Crippen molar-refractivity contribution in [1.29, 1.82) is 0 Å². The highest BCUT2D eigenvalue weighted by Crippen LogP contribution is 2.49. The molecular formula is C81H68ClFN10O9. The largest absolute Gasteiger partial charge is 0.478 e.